The minimum Gasteiger partial charge on any atom is -0.458 e. The smallest absolute Gasteiger partial charge is 0.340 e. The van der Waals surface area contributed by atoms with Crippen LogP contribution in [0.15, 0.2) is 12.1 Å². The van der Waals surface area contributed by atoms with Crippen molar-refractivity contribution < 1.29 is 9.53 Å². The predicted octanol–water partition coefficient (Wildman–Crippen LogP) is 2.40. The number of carbonyl (C=O) groups is 1. The van der Waals surface area contributed by atoms with Crippen molar-refractivity contribution in [3.8, 4) is 0 Å². The summed E-state index contributed by atoms with van der Waals surface area (Å²) in [6.07, 6.45) is -0.138. The van der Waals surface area contributed by atoms with Crippen LogP contribution in [0.4, 0.5) is 0 Å². The highest BCUT2D eigenvalue weighted by atomic mass is 35.5. The largest absolute Gasteiger partial charge is 0.458 e. The molecule has 1 aromatic heterocycles. The monoisotopic (exact) mass is 211 g/mol. The highest BCUT2D eigenvalue weighted by Gasteiger charge is 2.31. The zero-order valence-electron chi connectivity index (χ0n) is 7.95. The van der Waals surface area contributed by atoms with Crippen LogP contribution in [0.5, 0.6) is 0 Å². The number of hydrogen-bond donors (Lipinski definition) is 0. The molecule has 2 atom stereocenters. The molecule has 14 heavy (non-hydrogen) atoms. The highest BCUT2D eigenvalue weighted by Crippen LogP contribution is 2.30. The average Bonchev–Trinajstić information content (AvgIpc) is 2.14. The standard InChI is InChI=1S/C10H10ClNO2/c1-5-6(2)14-10(13)7-3-4-8(11)12-9(5)7/h3-6H,1-2H3/t5-,6+/m0/s1. The second-order valence-corrected chi connectivity index (χ2v) is 3.85. The Morgan fingerprint density at radius 2 is 2.14 bits per heavy atom. The van der Waals surface area contributed by atoms with Crippen molar-refractivity contribution in [3.63, 3.8) is 0 Å². The number of fused-ring (bicyclic) bond motifs is 1. The lowest BCUT2D eigenvalue weighted by Gasteiger charge is -2.26. The number of hydrogen-bond acceptors (Lipinski definition) is 3. The van der Waals surface area contributed by atoms with Crippen molar-refractivity contribution in [1.29, 1.82) is 0 Å². The van der Waals surface area contributed by atoms with Gasteiger partial charge in [0.15, 0.2) is 0 Å². The lowest BCUT2D eigenvalue weighted by molar-refractivity contribution is 0.0235. The molecule has 0 bridgehead atoms. The van der Waals surface area contributed by atoms with Gasteiger partial charge >= 0.3 is 5.97 Å². The summed E-state index contributed by atoms with van der Waals surface area (Å²) in [4.78, 5) is 15.6. The molecule has 0 fully saturated rings. The third kappa shape index (κ3) is 1.38. The van der Waals surface area contributed by atoms with Gasteiger partial charge in [0.2, 0.25) is 0 Å². The fourth-order valence-electron chi connectivity index (χ4n) is 1.53. The van der Waals surface area contributed by atoms with Crippen LogP contribution in [0.1, 0.15) is 35.8 Å². The molecule has 74 valence electrons. The molecular formula is C10H10ClNO2. The third-order valence-corrected chi connectivity index (χ3v) is 2.75. The topological polar surface area (TPSA) is 39.2 Å². The Hall–Kier alpha value is -1.09. The molecule has 0 amide bonds. The van der Waals surface area contributed by atoms with Gasteiger partial charge in [-0.1, -0.05) is 18.5 Å². The van der Waals surface area contributed by atoms with Gasteiger partial charge in [0, 0.05) is 5.92 Å². The SMILES string of the molecule is C[C@@H]1c2nc(Cl)ccc2C(=O)O[C@@H]1C. The van der Waals surface area contributed by atoms with E-state index in [1.807, 2.05) is 13.8 Å². The van der Waals surface area contributed by atoms with Gasteiger partial charge in [-0.3, -0.25) is 0 Å². The quantitative estimate of drug-likeness (QED) is 0.489. The Morgan fingerprint density at radius 3 is 2.86 bits per heavy atom. The Morgan fingerprint density at radius 1 is 1.43 bits per heavy atom. The molecule has 2 rings (SSSR count). The van der Waals surface area contributed by atoms with Gasteiger partial charge in [0.25, 0.3) is 0 Å². The summed E-state index contributed by atoms with van der Waals surface area (Å²) in [6.45, 7) is 3.83. The molecule has 0 saturated heterocycles. The first kappa shape index (κ1) is 9.46. The maximum atomic E-state index is 11.4. The van der Waals surface area contributed by atoms with Crippen molar-refractivity contribution in [2.75, 3.05) is 0 Å². The van der Waals surface area contributed by atoms with E-state index in [9.17, 15) is 4.79 Å². The number of rotatable bonds is 0. The molecule has 1 aromatic rings. The molecule has 0 unspecified atom stereocenters. The van der Waals surface area contributed by atoms with Crippen LogP contribution < -0.4 is 0 Å². The van der Waals surface area contributed by atoms with Gasteiger partial charge in [-0.15, -0.1) is 0 Å². The van der Waals surface area contributed by atoms with Crippen LogP contribution in [0, 0.1) is 0 Å². The van der Waals surface area contributed by atoms with Crippen LogP contribution >= 0.6 is 11.6 Å². The maximum absolute atomic E-state index is 11.4. The average molecular weight is 212 g/mol. The number of esters is 1. The Kier molecular flexibility index (Phi) is 2.19. The van der Waals surface area contributed by atoms with E-state index in [-0.39, 0.29) is 18.0 Å². The van der Waals surface area contributed by atoms with Crippen molar-refractivity contribution in [2.24, 2.45) is 0 Å². The number of cyclic esters (lactones) is 1. The van der Waals surface area contributed by atoms with Gasteiger partial charge in [0.1, 0.15) is 11.3 Å². The second kappa shape index (κ2) is 3.24. The first-order valence-corrected chi connectivity index (χ1v) is 4.85. The molecule has 0 saturated carbocycles. The molecule has 2 heterocycles. The summed E-state index contributed by atoms with van der Waals surface area (Å²) in [6, 6.07) is 3.26. The molecule has 4 heteroatoms. The fraction of sp³-hybridized carbons (Fsp3) is 0.400. The number of pyridine rings is 1. The van der Waals surface area contributed by atoms with Gasteiger partial charge in [0.05, 0.1) is 11.3 Å². The summed E-state index contributed by atoms with van der Waals surface area (Å²) in [5, 5.41) is 0.414. The van der Waals surface area contributed by atoms with Crippen molar-refractivity contribution in [3.05, 3.63) is 28.5 Å². The van der Waals surface area contributed by atoms with Gasteiger partial charge in [-0.25, -0.2) is 9.78 Å². The molecule has 0 spiro atoms. The molecule has 0 radical (unpaired) electrons. The van der Waals surface area contributed by atoms with Crippen molar-refractivity contribution >= 4 is 17.6 Å². The van der Waals surface area contributed by atoms with Crippen LogP contribution in [0.25, 0.3) is 0 Å². The first-order chi connectivity index (χ1) is 6.59. The second-order valence-electron chi connectivity index (χ2n) is 3.47. The third-order valence-electron chi connectivity index (χ3n) is 2.54. The van der Waals surface area contributed by atoms with Crippen molar-refractivity contribution in [1.82, 2.24) is 4.98 Å². The Labute approximate surface area is 87.0 Å². The highest BCUT2D eigenvalue weighted by molar-refractivity contribution is 6.29. The summed E-state index contributed by atoms with van der Waals surface area (Å²) in [7, 11) is 0. The number of nitrogens with zero attached hydrogens (tertiary/aromatic N) is 1. The van der Waals surface area contributed by atoms with E-state index < -0.39 is 0 Å². The number of ether oxygens (including phenoxy) is 1. The zero-order chi connectivity index (χ0) is 10.3. The normalized spacial score (nSPS) is 25.5. The fourth-order valence-corrected chi connectivity index (χ4v) is 1.68. The lowest BCUT2D eigenvalue weighted by atomic mass is 9.94. The van der Waals surface area contributed by atoms with E-state index in [2.05, 4.69) is 4.98 Å². The van der Waals surface area contributed by atoms with E-state index >= 15 is 0 Å². The number of aromatic nitrogens is 1. The Bertz CT molecular complexity index is 392. The molecule has 3 nitrogen and oxygen atoms in total. The van der Waals surface area contributed by atoms with Crippen LogP contribution in [0.3, 0.4) is 0 Å². The van der Waals surface area contributed by atoms with E-state index in [4.69, 9.17) is 16.3 Å². The molecule has 0 aliphatic carbocycles. The minimum atomic E-state index is -0.310. The Balaban J connectivity index is 2.56. The molecule has 1 aliphatic heterocycles. The van der Waals surface area contributed by atoms with Crippen LogP contribution in [0.2, 0.25) is 5.15 Å². The van der Waals surface area contributed by atoms with Crippen LogP contribution in [-0.4, -0.2) is 17.1 Å². The summed E-state index contributed by atoms with van der Waals surface area (Å²) >= 11 is 5.77. The molecule has 1 aliphatic rings. The summed E-state index contributed by atoms with van der Waals surface area (Å²) in [5.74, 6) is -0.212. The predicted molar refractivity (Wildman–Crippen MR) is 52.5 cm³/mol. The number of carbonyl (C=O) groups excluding carboxylic acids is 1. The van der Waals surface area contributed by atoms with E-state index in [1.54, 1.807) is 12.1 Å². The zero-order valence-corrected chi connectivity index (χ0v) is 8.71. The maximum Gasteiger partial charge on any atom is 0.340 e. The van der Waals surface area contributed by atoms with Gasteiger partial charge < -0.3 is 4.74 Å². The van der Waals surface area contributed by atoms with Gasteiger partial charge in [-0.2, -0.15) is 0 Å². The van der Waals surface area contributed by atoms with Gasteiger partial charge in [-0.05, 0) is 19.1 Å². The lowest BCUT2D eigenvalue weighted by Crippen LogP contribution is -2.29. The number of halogens is 1. The van der Waals surface area contributed by atoms with Crippen molar-refractivity contribution in [2.45, 2.75) is 25.9 Å². The van der Waals surface area contributed by atoms with E-state index in [0.717, 1.165) is 5.69 Å². The summed E-state index contributed by atoms with van der Waals surface area (Å²) < 4.78 is 5.14. The van der Waals surface area contributed by atoms with E-state index in [0.29, 0.717) is 10.7 Å². The first-order valence-electron chi connectivity index (χ1n) is 4.47. The molecule has 0 aromatic carbocycles. The molecular weight excluding hydrogens is 202 g/mol. The van der Waals surface area contributed by atoms with E-state index in [1.165, 1.54) is 0 Å². The van der Waals surface area contributed by atoms with Crippen LogP contribution in [-0.2, 0) is 4.74 Å². The summed E-state index contributed by atoms with van der Waals surface area (Å²) in [5.41, 5.74) is 1.27. The minimum absolute atomic E-state index is 0.0985. The molecule has 0 N–H and O–H groups in total.